The SMILES string of the molecule is CCCOCC[C@@H](C(=O)O)N(C)C(=O)OCC1c2ccccc2-c2ccccc21. The Morgan fingerprint density at radius 2 is 1.62 bits per heavy atom. The van der Waals surface area contributed by atoms with Crippen molar-refractivity contribution in [3.8, 4) is 11.1 Å². The third-order valence-corrected chi connectivity index (χ3v) is 5.26. The lowest BCUT2D eigenvalue weighted by molar-refractivity contribution is -0.143. The van der Waals surface area contributed by atoms with Gasteiger partial charge in [-0.1, -0.05) is 55.5 Å². The van der Waals surface area contributed by atoms with Crippen LogP contribution in [0.15, 0.2) is 48.5 Å². The summed E-state index contributed by atoms with van der Waals surface area (Å²) in [5.74, 6) is -1.13. The third-order valence-electron chi connectivity index (χ3n) is 5.26. The monoisotopic (exact) mass is 397 g/mol. The topological polar surface area (TPSA) is 76.1 Å². The molecule has 0 saturated heterocycles. The molecule has 6 heteroatoms. The lowest BCUT2D eigenvalue weighted by atomic mass is 9.98. The molecule has 154 valence electrons. The molecule has 0 aromatic heterocycles. The molecule has 0 bridgehead atoms. The minimum absolute atomic E-state index is 0.0593. The van der Waals surface area contributed by atoms with E-state index in [0.717, 1.165) is 33.6 Å². The van der Waals surface area contributed by atoms with Crippen LogP contribution in [0.5, 0.6) is 0 Å². The van der Waals surface area contributed by atoms with Crippen molar-refractivity contribution in [2.24, 2.45) is 0 Å². The Balaban J connectivity index is 1.66. The normalized spacial score (nSPS) is 13.4. The fourth-order valence-corrected chi connectivity index (χ4v) is 3.75. The van der Waals surface area contributed by atoms with Crippen LogP contribution < -0.4 is 0 Å². The average Bonchev–Trinajstić information content (AvgIpc) is 3.05. The molecule has 0 fully saturated rings. The van der Waals surface area contributed by atoms with Crippen LogP contribution in [0, 0.1) is 0 Å². The number of rotatable bonds is 9. The van der Waals surface area contributed by atoms with Crippen molar-refractivity contribution in [1.82, 2.24) is 4.90 Å². The van der Waals surface area contributed by atoms with E-state index in [0.29, 0.717) is 6.61 Å². The van der Waals surface area contributed by atoms with Crippen LogP contribution in [0.4, 0.5) is 4.79 Å². The van der Waals surface area contributed by atoms with E-state index in [1.165, 1.54) is 7.05 Å². The smallest absolute Gasteiger partial charge is 0.410 e. The summed E-state index contributed by atoms with van der Waals surface area (Å²) in [6.45, 7) is 3.00. The van der Waals surface area contributed by atoms with Crippen molar-refractivity contribution in [1.29, 1.82) is 0 Å². The summed E-state index contributed by atoms with van der Waals surface area (Å²) in [7, 11) is 1.46. The quantitative estimate of drug-likeness (QED) is 0.644. The first-order valence-corrected chi connectivity index (χ1v) is 9.93. The van der Waals surface area contributed by atoms with Crippen molar-refractivity contribution in [2.75, 3.05) is 26.9 Å². The van der Waals surface area contributed by atoms with E-state index in [2.05, 4.69) is 12.1 Å². The summed E-state index contributed by atoms with van der Waals surface area (Å²) < 4.78 is 10.9. The number of aliphatic carboxylic acids is 1. The molecule has 0 aliphatic heterocycles. The summed E-state index contributed by atoms with van der Waals surface area (Å²) in [5, 5.41) is 9.48. The summed E-state index contributed by atoms with van der Waals surface area (Å²) in [6.07, 6.45) is 0.436. The number of amides is 1. The Kier molecular flexibility index (Phi) is 6.88. The zero-order valence-corrected chi connectivity index (χ0v) is 16.8. The average molecular weight is 397 g/mol. The van der Waals surface area contributed by atoms with Crippen molar-refractivity contribution < 1.29 is 24.2 Å². The Bertz CT molecular complexity index is 820. The molecule has 1 aliphatic rings. The van der Waals surface area contributed by atoms with Gasteiger partial charge in [0.25, 0.3) is 0 Å². The zero-order valence-electron chi connectivity index (χ0n) is 16.8. The van der Waals surface area contributed by atoms with Gasteiger partial charge in [-0.2, -0.15) is 0 Å². The van der Waals surface area contributed by atoms with E-state index in [-0.39, 0.29) is 25.6 Å². The molecule has 2 aromatic rings. The summed E-state index contributed by atoms with van der Waals surface area (Å²) in [5.41, 5.74) is 4.53. The second-order valence-electron chi connectivity index (χ2n) is 7.17. The molecule has 3 rings (SSSR count). The highest BCUT2D eigenvalue weighted by molar-refractivity contribution is 5.81. The number of hydrogen-bond acceptors (Lipinski definition) is 4. The standard InChI is InChI=1S/C23H27NO5/c1-3-13-28-14-12-21(22(25)26)24(2)23(27)29-15-20-18-10-6-4-8-16(18)17-9-5-7-11-19(17)20/h4-11,20-21H,3,12-15H2,1-2H3,(H,25,26)/t21-/m0/s1. The second-order valence-corrected chi connectivity index (χ2v) is 7.17. The maximum atomic E-state index is 12.6. The minimum atomic E-state index is -1.07. The molecular weight excluding hydrogens is 370 g/mol. The largest absolute Gasteiger partial charge is 0.480 e. The van der Waals surface area contributed by atoms with Crippen molar-refractivity contribution >= 4 is 12.1 Å². The number of carboxylic acid groups (broad SMARTS) is 1. The number of likely N-dealkylation sites (N-methyl/N-ethyl adjacent to an activating group) is 1. The van der Waals surface area contributed by atoms with Gasteiger partial charge in [0.1, 0.15) is 12.6 Å². The molecule has 6 nitrogen and oxygen atoms in total. The first kappa shape index (κ1) is 20.9. The van der Waals surface area contributed by atoms with E-state index in [1.54, 1.807) is 0 Å². The van der Waals surface area contributed by atoms with Crippen LogP contribution in [-0.2, 0) is 14.3 Å². The van der Waals surface area contributed by atoms with Crippen molar-refractivity contribution in [2.45, 2.75) is 31.7 Å². The number of carbonyl (C=O) groups excluding carboxylic acids is 1. The van der Waals surface area contributed by atoms with E-state index < -0.39 is 18.1 Å². The molecule has 0 unspecified atom stereocenters. The molecule has 0 saturated carbocycles. The van der Waals surface area contributed by atoms with Gasteiger partial charge in [-0.15, -0.1) is 0 Å². The molecule has 0 heterocycles. The first-order chi connectivity index (χ1) is 14.0. The minimum Gasteiger partial charge on any atom is -0.480 e. The van der Waals surface area contributed by atoms with Crippen LogP contribution in [0.25, 0.3) is 11.1 Å². The molecule has 1 amide bonds. The molecule has 2 aromatic carbocycles. The number of nitrogens with zero attached hydrogens (tertiary/aromatic N) is 1. The van der Waals surface area contributed by atoms with Gasteiger partial charge in [0.2, 0.25) is 0 Å². The molecule has 0 spiro atoms. The van der Waals surface area contributed by atoms with Crippen molar-refractivity contribution in [3.63, 3.8) is 0 Å². The Hall–Kier alpha value is -2.86. The van der Waals surface area contributed by atoms with Crippen LogP contribution in [0.1, 0.15) is 36.8 Å². The predicted molar refractivity (Wildman–Crippen MR) is 110 cm³/mol. The van der Waals surface area contributed by atoms with E-state index in [4.69, 9.17) is 9.47 Å². The Labute approximate surface area is 171 Å². The fourth-order valence-electron chi connectivity index (χ4n) is 3.75. The van der Waals surface area contributed by atoms with Gasteiger partial charge in [-0.25, -0.2) is 9.59 Å². The molecule has 0 radical (unpaired) electrons. The molecule has 1 N–H and O–H groups in total. The first-order valence-electron chi connectivity index (χ1n) is 9.93. The third kappa shape index (κ3) is 4.59. The zero-order chi connectivity index (χ0) is 20.8. The fraction of sp³-hybridized carbons (Fsp3) is 0.391. The number of ether oxygens (including phenoxy) is 2. The lowest BCUT2D eigenvalue weighted by Crippen LogP contribution is -2.43. The number of carbonyl (C=O) groups is 2. The number of fused-ring (bicyclic) bond motifs is 3. The molecular formula is C23H27NO5. The van der Waals surface area contributed by atoms with E-state index in [9.17, 15) is 14.7 Å². The number of carboxylic acids is 1. The highest BCUT2D eigenvalue weighted by Crippen LogP contribution is 2.44. The van der Waals surface area contributed by atoms with E-state index in [1.807, 2.05) is 43.3 Å². The van der Waals surface area contributed by atoms with Gasteiger partial charge in [-0.3, -0.25) is 4.90 Å². The summed E-state index contributed by atoms with van der Waals surface area (Å²) in [6, 6.07) is 15.2. The van der Waals surface area contributed by atoms with Crippen LogP contribution in [-0.4, -0.2) is 55.0 Å². The van der Waals surface area contributed by atoms with Gasteiger partial charge in [0.05, 0.1) is 0 Å². The van der Waals surface area contributed by atoms with Crippen LogP contribution >= 0.6 is 0 Å². The number of hydrogen-bond donors (Lipinski definition) is 1. The highest BCUT2D eigenvalue weighted by Gasteiger charge is 2.31. The Morgan fingerprint density at radius 3 is 2.17 bits per heavy atom. The van der Waals surface area contributed by atoms with Crippen molar-refractivity contribution in [3.05, 3.63) is 59.7 Å². The number of benzene rings is 2. The maximum absolute atomic E-state index is 12.6. The summed E-state index contributed by atoms with van der Waals surface area (Å²) >= 11 is 0. The lowest BCUT2D eigenvalue weighted by Gasteiger charge is -2.25. The van der Waals surface area contributed by atoms with Gasteiger partial charge >= 0.3 is 12.1 Å². The van der Waals surface area contributed by atoms with Gasteiger partial charge in [0, 0.05) is 32.6 Å². The van der Waals surface area contributed by atoms with Gasteiger partial charge < -0.3 is 14.6 Å². The maximum Gasteiger partial charge on any atom is 0.410 e. The molecule has 29 heavy (non-hydrogen) atoms. The Morgan fingerprint density at radius 1 is 1.03 bits per heavy atom. The van der Waals surface area contributed by atoms with E-state index >= 15 is 0 Å². The van der Waals surface area contributed by atoms with Crippen LogP contribution in [0.2, 0.25) is 0 Å². The van der Waals surface area contributed by atoms with Gasteiger partial charge in [-0.05, 0) is 28.7 Å². The molecule has 1 atom stereocenters. The molecule has 1 aliphatic carbocycles. The highest BCUT2D eigenvalue weighted by atomic mass is 16.6. The predicted octanol–water partition coefficient (Wildman–Crippen LogP) is 4.14. The summed E-state index contributed by atoms with van der Waals surface area (Å²) in [4.78, 5) is 25.3. The van der Waals surface area contributed by atoms with Crippen LogP contribution in [0.3, 0.4) is 0 Å². The second kappa shape index (κ2) is 9.56. The van der Waals surface area contributed by atoms with Gasteiger partial charge in [0.15, 0.2) is 0 Å².